The summed E-state index contributed by atoms with van der Waals surface area (Å²) in [6, 6.07) is 12.8. The van der Waals surface area contributed by atoms with Crippen LogP contribution in [0.1, 0.15) is 15.9 Å². The van der Waals surface area contributed by atoms with Gasteiger partial charge in [0.2, 0.25) is 0 Å². The van der Waals surface area contributed by atoms with Crippen molar-refractivity contribution in [2.75, 3.05) is 27.4 Å². The summed E-state index contributed by atoms with van der Waals surface area (Å²) in [5.41, 5.74) is 1.57. The fourth-order valence-corrected chi connectivity index (χ4v) is 2.52. The topological polar surface area (TPSA) is 56.8 Å². The Morgan fingerprint density at radius 2 is 1.83 bits per heavy atom. The third kappa shape index (κ3) is 5.25. The van der Waals surface area contributed by atoms with Crippen LogP contribution < -0.4 is 14.8 Å². The van der Waals surface area contributed by atoms with Crippen molar-refractivity contribution in [3.05, 3.63) is 58.1 Å². The number of methoxy groups -OCH3 is 2. The standard InChI is InChI=1S/C18H20BrNO4/c1-22-9-10-24-17-8-5-14(11-16(17)19)18(21)20-12-13-3-6-15(23-2)7-4-13/h3-8,11H,9-10,12H2,1-2H3,(H,20,21). The van der Waals surface area contributed by atoms with Gasteiger partial charge in [0.05, 0.1) is 18.2 Å². The zero-order chi connectivity index (χ0) is 17.4. The van der Waals surface area contributed by atoms with E-state index in [1.54, 1.807) is 32.4 Å². The number of carbonyl (C=O) groups excluding carboxylic acids is 1. The molecule has 0 saturated carbocycles. The lowest BCUT2D eigenvalue weighted by molar-refractivity contribution is 0.0950. The normalized spacial score (nSPS) is 10.3. The molecule has 0 atom stereocenters. The van der Waals surface area contributed by atoms with Crippen molar-refractivity contribution in [2.45, 2.75) is 6.54 Å². The summed E-state index contributed by atoms with van der Waals surface area (Å²) in [4.78, 5) is 12.2. The number of ether oxygens (including phenoxy) is 3. The van der Waals surface area contributed by atoms with Gasteiger partial charge in [-0.05, 0) is 51.8 Å². The van der Waals surface area contributed by atoms with Crippen molar-refractivity contribution < 1.29 is 19.0 Å². The highest BCUT2D eigenvalue weighted by Crippen LogP contribution is 2.26. The van der Waals surface area contributed by atoms with Gasteiger partial charge in [0.25, 0.3) is 5.91 Å². The largest absolute Gasteiger partial charge is 0.497 e. The monoisotopic (exact) mass is 393 g/mol. The van der Waals surface area contributed by atoms with Gasteiger partial charge in [-0.25, -0.2) is 0 Å². The van der Waals surface area contributed by atoms with Gasteiger partial charge in [-0.2, -0.15) is 0 Å². The second-order valence-electron chi connectivity index (χ2n) is 5.02. The van der Waals surface area contributed by atoms with Crippen molar-refractivity contribution in [3.63, 3.8) is 0 Å². The number of nitrogens with one attached hydrogen (secondary N) is 1. The number of amides is 1. The number of carbonyl (C=O) groups is 1. The first kappa shape index (κ1) is 18.3. The van der Waals surface area contributed by atoms with E-state index in [1.807, 2.05) is 24.3 Å². The highest BCUT2D eigenvalue weighted by Gasteiger charge is 2.09. The van der Waals surface area contributed by atoms with Crippen LogP contribution in [0.4, 0.5) is 0 Å². The summed E-state index contributed by atoms with van der Waals surface area (Å²) in [6.07, 6.45) is 0. The number of rotatable bonds is 8. The SMILES string of the molecule is COCCOc1ccc(C(=O)NCc2ccc(OC)cc2)cc1Br. The quantitative estimate of drug-likeness (QED) is 0.698. The molecular weight excluding hydrogens is 374 g/mol. The average molecular weight is 394 g/mol. The molecule has 6 heteroatoms. The Labute approximate surface area is 150 Å². The number of benzene rings is 2. The third-order valence-corrected chi connectivity index (χ3v) is 3.97. The molecule has 2 aromatic carbocycles. The van der Waals surface area contributed by atoms with Gasteiger partial charge >= 0.3 is 0 Å². The second kappa shape index (κ2) is 9.30. The van der Waals surface area contributed by atoms with Crippen LogP contribution in [0.2, 0.25) is 0 Å². The molecule has 0 unspecified atom stereocenters. The van der Waals surface area contributed by atoms with Gasteiger partial charge in [0, 0.05) is 19.2 Å². The maximum atomic E-state index is 12.2. The Kier molecular flexibility index (Phi) is 7.08. The maximum absolute atomic E-state index is 12.2. The molecule has 0 spiro atoms. The minimum absolute atomic E-state index is 0.144. The zero-order valence-electron chi connectivity index (χ0n) is 13.7. The van der Waals surface area contributed by atoms with Crippen molar-refractivity contribution in [3.8, 4) is 11.5 Å². The van der Waals surface area contributed by atoms with Crippen LogP contribution in [0.15, 0.2) is 46.9 Å². The third-order valence-electron chi connectivity index (χ3n) is 3.35. The molecule has 0 bridgehead atoms. The van der Waals surface area contributed by atoms with Crippen LogP contribution in [0.3, 0.4) is 0 Å². The number of hydrogen-bond donors (Lipinski definition) is 1. The fourth-order valence-electron chi connectivity index (χ4n) is 2.02. The molecule has 1 N–H and O–H groups in total. The van der Waals surface area contributed by atoms with Gasteiger partial charge in [-0.3, -0.25) is 4.79 Å². The molecule has 0 aliphatic carbocycles. The van der Waals surface area contributed by atoms with Crippen LogP contribution in [0.5, 0.6) is 11.5 Å². The minimum atomic E-state index is -0.144. The van der Waals surface area contributed by atoms with E-state index < -0.39 is 0 Å². The Bertz CT molecular complexity index is 673. The van der Waals surface area contributed by atoms with E-state index in [9.17, 15) is 4.79 Å². The lowest BCUT2D eigenvalue weighted by atomic mass is 10.2. The number of hydrogen-bond acceptors (Lipinski definition) is 4. The summed E-state index contributed by atoms with van der Waals surface area (Å²) < 4.78 is 16.3. The molecule has 0 saturated heterocycles. The van der Waals surface area contributed by atoms with Crippen LogP contribution in [0, 0.1) is 0 Å². The highest BCUT2D eigenvalue weighted by molar-refractivity contribution is 9.10. The van der Waals surface area contributed by atoms with E-state index >= 15 is 0 Å². The summed E-state index contributed by atoms with van der Waals surface area (Å²) in [6.45, 7) is 1.42. The van der Waals surface area contributed by atoms with E-state index in [4.69, 9.17) is 14.2 Å². The molecule has 0 aliphatic heterocycles. The van der Waals surface area contributed by atoms with Gasteiger partial charge in [-0.15, -0.1) is 0 Å². The summed E-state index contributed by atoms with van der Waals surface area (Å²) in [5, 5.41) is 2.89. The molecule has 0 heterocycles. The Morgan fingerprint density at radius 3 is 2.46 bits per heavy atom. The molecule has 24 heavy (non-hydrogen) atoms. The van der Waals surface area contributed by atoms with Crippen LogP contribution in [-0.2, 0) is 11.3 Å². The molecule has 5 nitrogen and oxygen atoms in total. The fraction of sp³-hybridized carbons (Fsp3) is 0.278. The first-order valence-corrected chi connectivity index (χ1v) is 8.25. The minimum Gasteiger partial charge on any atom is -0.497 e. The molecule has 0 fully saturated rings. The van der Waals surface area contributed by atoms with Crippen molar-refractivity contribution >= 4 is 21.8 Å². The molecule has 2 rings (SSSR count). The van der Waals surface area contributed by atoms with E-state index in [2.05, 4.69) is 21.2 Å². The van der Waals surface area contributed by atoms with Crippen LogP contribution >= 0.6 is 15.9 Å². The predicted octanol–water partition coefficient (Wildman–Crippen LogP) is 3.41. The van der Waals surface area contributed by atoms with E-state index in [0.717, 1.165) is 15.8 Å². The van der Waals surface area contributed by atoms with Crippen LogP contribution in [0.25, 0.3) is 0 Å². The van der Waals surface area contributed by atoms with E-state index in [1.165, 1.54) is 0 Å². The van der Waals surface area contributed by atoms with E-state index in [0.29, 0.717) is 31.1 Å². The van der Waals surface area contributed by atoms with Crippen molar-refractivity contribution in [1.82, 2.24) is 5.32 Å². The number of halogens is 1. The second-order valence-corrected chi connectivity index (χ2v) is 5.87. The van der Waals surface area contributed by atoms with Crippen LogP contribution in [-0.4, -0.2) is 33.3 Å². The Balaban J connectivity index is 1.92. The molecule has 1 amide bonds. The lowest BCUT2D eigenvalue weighted by Crippen LogP contribution is -2.22. The van der Waals surface area contributed by atoms with Gasteiger partial charge in [-0.1, -0.05) is 12.1 Å². The molecule has 2 aromatic rings. The van der Waals surface area contributed by atoms with Crippen molar-refractivity contribution in [2.24, 2.45) is 0 Å². The molecular formula is C18H20BrNO4. The van der Waals surface area contributed by atoms with Crippen molar-refractivity contribution in [1.29, 1.82) is 0 Å². The zero-order valence-corrected chi connectivity index (χ0v) is 15.3. The predicted molar refractivity (Wildman–Crippen MR) is 95.7 cm³/mol. The molecule has 0 radical (unpaired) electrons. The molecule has 0 aliphatic rings. The first-order valence-electron chi connectivity index (χ1n) is 7.46. The van der Waals surface area contributed by atoms with Gasteiger partial charge in [0.1, 0.15) is 18.1 Å². The highest BCUT2D eigenvalue weighted by atomic mass is 79.9. The Morgan fingerprint density at radius 1 is 1.08 bits per heavy atom. The van der Waals surface area contributed by atoms with Gasteiger partial charge < -0.3 is 19.5 Å². The maximum Gasteiger partial charge on any atom is 0.251 e. The average Bonchev–Trinajstić information content (AvgIpc) is 2.61. The van der Waals surface area contributed by atoms with E-state index in [-0.39, 0.29) is 5.91 Å². The smallest absolute Gasteiger partial charge is 0.251 e. The molecule has 128 valence electrons. The Hall–Kier alpha value is -2.05. The summed E-state index contributed by atoms with van der Waals surface area (Å²) >= 11 is 3.42. The lowest BCUT2D eigenvalue weighted by Gasteiger charge is -2.10. The summed E-state index contributed by atoms with van der Waals surface area (Å²) in [7, 11) is 3.24. The summed E-state index contributed by atoms with van der Waals surface area (Å²) in [5.74, 6) is 1.33. The van der Waals surface area contributed by atoms with Gasteiger partial charge in [0.15, 0.2) is 0 Å². The molecule has 0 aromatic heterocycles. The first-order chi connectivity index (χ1) is 11.6.